The second-order valence-electron chi connectivity index (χ2n) is 4.40. The zero-order valence-corrected chi connectivity index (χ0v) is 10.3. The Labute approximate surface area is 104 Å². The zero-order chi connectivity index (χ0) is 12.3. The molecule has 0 bridgehead atoms. The number of aliphatic carboxylic acids is 1. The van der Waals surface area contributed by atoms with Crippen molar-refractivity contribution in [3.8, 4) is 0 Å². The summed E-state index contributed by atoms with van der Waals surface area (Å²) < 4.78 is 0. The van der Waals surface area contributed by atoms with E-state index < -0.39 is 11.5 Å². The molecule has 0 radical (unpaired) electrons. The molecular weight excluding hydrogens is 238 g/mol. The fourth-order valence-corrected chi connectivity index (χ4v) is 2.96. The summed E-state index contributed by atoms with van der Waals surface area (Å²) in [6.45, 7) is 0. The van der Waals surface area contributed by atoms with Crippen LogP contribution in [0.5, 0.6) is 0 Å². The van der Waals surface area contributed by atoms with Gasteiger partial charge in [0.05, 0.1) is 6.42 Å². The number of carbonyl (C=O) groups excluding carboxylic acids is 1. The van der Waals surface area contributed by atoms with Gasteiger partial charge in [0.25, 0.3) is 0 Å². The summed E-state index contributed by atoms with van der Waals surface area (Å²) in [4.78, 5) is 24.0. The Balaban J connectivity index is 1.99. The van der Waals surface area contributed by atoms with Crippen LogP contribution in [0.3, 0.4) is 0 Å². The third-order valence-electron chi connectivity index (χ3n) is 3.16. The number of hydrogen-bond acceptors (Lipinski definition) is 3. The van der Waals surface area contributed by atoms with E-state index in [9.17, 15) is 14.7 Å². The molecule has 17 heavy (non-hydrogen) atoms. The van der Waals surface area contributed by atoms with Crippen molar-refractivity contribution in [2.24, 2.45) is 0 Å². The molecule has 1 aliphatic carbocycles. The van der Waals surface area contributed by atoms with Crippen LogP contribution in [0, 0.1) is 0 Å². The smallest absolute Gasteiger partial charge is 0.329 e. The van der Waals surface area contributed by atoms with E-state index in [2.05, 4.69) is 5.32 Å². The van der Waals surface area contributed by atoms with E-state index in [0.717, 1.165) is 17.7 Å². The van der Waals surface area contributed by atoms with Gasteiger partial charge < -0.3 is 10.4 Å². The van der Waals surface area contributed by atoms with Crippen LogP contribution < -0.4 is 5.32 Å². The maximum atomic E-state index is 11.8. The number of carboxylic acid groups (broad SMARTS) is 1. The van der Waals surface area contributed by atoms with Crippen LogP contribution in [0.4, 0.5) is 0 Å². The molecule has 0 unspecified atom stereocenters. The van der Waals surface area contributed by atoms with E-state index in [1.54, 1.807) is 0 Å². The standard InChI is InChI=1S/C12H15NO3S/c14-10(8-9-4-3-7-17-9)13-12(11(15)16)5-1-2-6-12/h3-4,7H,1-2,5-6,8H2,(H,13,14)(H,15,16). The first-order valence-corrected chi connectivity index (χ1v) is 6.57. The highest BCUT2D eigenvalue weighted by molar-refractivity contribution is 7.10. The first kappa shape index (κ1) is 12.1. The molecule has 0 spiro atoms. The van der Waals surface area contributed by atoms with Crippen LogP contribution in [0.1, 0.15) is 30.6 Å². The van der Waals surface area contributed by atoms with Gasteiger partial charge in [-0.15, -0.1) is 11.3 Å². The molecule has 2 rings (SSSR count). The summed E-state index contributed by atoms with van der Waals surface area (Å²) in [5.41, 5.74) is -1.02. The number of thiophene rings is 1. The van der Waals surface area contributed by atoms with Gasteiger partial charge in [-0.2, -0.15) is 0 Å². The lowest BCUT2D eigenvalue weighted by molar-refractivity contribution is -0.147. The molecule has 1 aliphatic rings. The largest absolute Gasteiger partial charge is 0.480 e. The summed E-state index contributed by atoms with van der Waals surface area (Å²) in [7, 11) is 0. The third kappa shape index (κ3) is 2.66. The quantitative estimate of drug-likeness (QED) is 0.860. The maximum absolute atomic E-state index is 11.8. The van der Waals surface area contributed by atoms with Crippen molar-refractivity contribution in [3.05, 3.63) is 22.4 Å². The molecule has 4 nitrogen and oxygen atoms in total. The Bertz CT molecular complexity index is 407. The Morgan fingerprint density at radius 1 is 1.41 bits per heavy atom. The van der Waals surface area contributed by atoms with Crippen molar-refractivity contribution < 1.29 is 14.7 Å². The molecule has 0 aliphatic heterocycles. The lowest BCUT2D eigenvalue weighted by Gasteiger charge is -2.25. The van der Waals surface area contributed by atoms with Gasteiger partial charge in [0.15, 0.2) is 0 Å². The molecule has 1 aromatic heterocycles. The number of carboxylic acids is 1. The number of nitrogens with one attached hydrogen (secondary N) is 1. The van der Waals surface area contributed by atoms with Crippen molar-refractivity contribution >= 4 is 23.2 Å². The van der Waals surface area contributed by atoms with E-state index in [4.69, 9.17) is 0 Å². The Kier molecular flexibility index (Phi) is 3.47. The molecule has 1 fully saturated rings. The van der Waals surface area contributed by atoms with Crippen molar-refractivity contribution in [1.82, 2.24) is 5.32 Å². The van der Waals surface area contributed by atoms with Gasteiger partial charge in [-0.25, -0.2) is 4.79 Å². The Hall–Kier alpha value is -1.36. The van der Waals surface area contributed by atoms with Crippen molar-refractivity contribution in [2.45, 2.75) is 37.6 Å². The minimum Gasteiger partial charge on any atom is -0.480 e. The number of rotatable bonds is 4. The van der Waals surface area contributed by atoms with Crippen molar-refractivity contribution in [3.63, 3.8) is 0 Å². The Morgan fingerprint density at radius 3 is 2.65 bits per heavy atom. The highest BCUT2D eigenvalue weighted by Crippen LogP contribution is 2.30. The van der Waals surface area contributed by atoms with E-state index in [1.165, 1.54) is 11.3 Å². The summed E-state index contributed by atoms with van der Waals surface area (Å²) in [6, 6.07) is 3.77. The fourth-order valence-electron chi connectivity index (χ4n) is 2.25. The monoisotopic (exact) mass is 253 g/mol. The molecular formula is C12H15NO3S. The molecule has 0 atom stereocenters. The summed E-state index contributed by atoms with van der Waals surface area (Å²) in [5, 5.41) is 13.8. The number of amides is 1. The summed E-state index contributed by atoms with van der Waals surface area (Å²) in [5.74, 6) is -1.11. The van der Waals surface area contributed by atoms with E-state index in [-0.39, 0.29) is 12.3 Å². The molecule has 5 heteroatoms. The minimum absolute atomic E-state index is 0.197. The van der Waals surface area contributed by atoms with Crippen molar-refractivity contribution in [2.75, 3.05) is 0 Å². The lowest BCUT2D eigenvalue weighted by Crippen LogP contribution is -2.52. The summed E-state index contributed by atoms with van der Waals surface area (Å²) >= 11 is 1.51. The molecule has 1 amide bonds. The predicted molar refractivity (Wildman–Crippen MR) is 65.0 cm³/mol. The average Bonchev–Trinajstić information content (AvgIpc) is 2.89. The molecule has 1 heterocycles. The van der Waals surface area contributed by atoms with E-state index >= 15 is 0 Å². The van der Waals surface area contributed by atoms with Crippen LogP contribution in [0.15, 0.2) is 17.5 Å². The SMILES string of the molecule is O=C(Cc1cccs1)NC1(C(=O)O)CCCC1. The van der Waals surface area contributed by atoms with Crippen molar-refractivity contribution in [1.29, 1.82) is 0 Å². The minimum atomic E-state index is -1.02. The molecule has 1 saturated carbocycles. The first-order valence-electron chi connectivity index (χ1n) is 5.69. The predicted octanol–water partition coefficient (Wildman–Crippen LogP) is 1.80. The topological polar surface area (TPSA) is 66.4 Å². The van der Waals surface area contributed by atoms with Crippen LogP contribution >= 0.6 is 11.3 Å². The molecule has 1 aromatic rings. The second kappa shape index (κ2) is 4.87. The Morgan fingerprint density at radius 2 is 2.12 bits per heavy atom. The lowest BCUT2D eigenvalue weighted by atomic mass is 9.97. The summed E-state index contributed by atoms with van der Waals surface area (Å²) in [6.07, 6.45) is 3.08. The van der Waals surface area contributed by atoms with Crippen LogP contribution in [0.2, 0.25) is 0 Å². The van der Waals surface area contributed by atoms with Gasteiger partial charge in [0.2, 0.25) is 5.91 Å². The molecule has 0 saturated heterocycles. The van der Waals surface area contributed by atoms with E-state index in [0.29, 0.717) is 12.8 Å². The normalized spacial score (nSPS) is 17.9. The van der Waals surface area contributed by atoms with Crippen LogP contribution in [0.25, 0.3) is 0 Å². The van der Waals surface area contributed by atoms with Gasteiger partial charge in [-0.3, -0.25) is 4.79 Å². The van der Waals surface area contributed by atoms with Crippen LogP contribution in [-0.2, 0) is 16.0 Å². The van der Waals surface area contributed by atoms with E-state index in [1.807, 2.05) is 17.5 Å². The maximum Gasteiger partial charge on any atom is 0.329 e. The third-order valence-corrected chi connectivity index (χ3v) is 4.04. The van der Waals surface area contributed by atoms with Crippen LogP contribution in [-0.4, -0.2) is 22.5 Å². The number of hydrogen-bond donors (Lipinski definition) is 2. The highest BCUT2D eigenvalue weighted by atomic mass is 32.1. The van der Waals surface area contributed by atoms with Gasteiger partial charge in [0, 0.05) is 4.88 Å². The first-order chi connectivity index (χ1) is 8.12. The zero-order valence-electron chi connectivity index (χ0n) is 9.44. The molecule has 0 aromatic carbocycles. The van der Waals surface area contributed by atoms with Gasteiger partial charge in [0.1, 0.15) is 5.54 Å². The van der Waals surface area contributed by atoms with Gasteiger partial charge in [-0.05, 0) is 24.3 Å². The number of carbonyl (C=O) groups is 2. The second-order valence-corrected chi connectivity index (χ2v) is 5.43. The molecule has 2 N–H and O–H groups in total. The van der Waals surface area contributed by atoms with Gasteiger partial charge in [-0.1, -0.05) is 18.9 Å². The van der Waals surface area contributed by atoms with Gasteiger partial charge >= 0.3 is 5.97 Å². The molecule has 92 valence electrons. The fraction of sp³-hybridized carbons (Fsp3) is 0.500. The highest BCUT2D eigenvalue weighted by Gasteiger charge is 2.42. The average molecular weight is 253 g/mol.